The molecule has 0 amide bonds. The van der Waals surface area contributed by atoms with Gasteiger partial charge in [0.2, 0.25) is 0 Å². The van der Waals surface area contributed by atoms with Gasteiger partial charge in [-0.2, -0.15) is 0 Å². The summed E-state index contributed by atoms with van der Waals surface area (Å²) < 4.78 is 0. The zero-order valence-electron chi connectivity index (χ0n) is 10.6. The molecule has 2 heteroatoms. The van der Waals surface area contributed by atoms with E-state index in [4.69, 9.17) is 11.6 Å². The molecule has 1 aromatic rings. The van der Waals surface area contributed by atoms with Crippen molar-refractivity contribution in [1.29, 1.82) is 0 Å². The van der Waals surface area contributed by atoms with E-state index in [-0.39, 0.29) is 0 Å². The number of hydrogen-bond donors (Lipinski definition) is 0. The SMILES string of the molecule is CC1C2CC[C@H](C[C@@H]1c1ccc(Cl)cc1)N2C. The Bertz CT molecular complexity index is 400. The summed E-state index contributed by atoms with van der Waals surface area (Å²) in [5.74, 6) is 1.49. The molecule has 92 valence electrons. The van der Waals surface area contributed by atoms with Gasteiger partial charge in [-0.1, -0.05) is 30.7 Å². The maximum absolute atomic E-state index is 5.97. The van der Waals surface area contributed by atoms with Gasteiger partial charge in [0, 0.05) is 17.1 Å². The van der Waals surface area contributed by atoms with E-state index in [2.05, 4.69) is 31.0 Å². The monoisotopic (exact) mass is 249 g/mol. The van der Waals surface area contributed by atoms with E-state index in [1.54, 1.807) is 0 Å². The van der Waals surface area contributed by atoms with E-state index in [0.29, 0.717) is 0 Å². The van der Waals surface area contributed by atoms with Crippen LogP contribution in [0.15, 0.2) is 24.3 Å². The number of benzene rings is 1. The molecular weight excluding hydrogens is 230 g/mol. The predicted octanol–water partition coefficient (Wildman–Crippen LogP) is 3.93. The molecule has 1 aromatic carbocycles. The van der Waals surface area contributed by atoms with Crippen LogP contribution in [0.1, 0.15) is 37.7 Å². The summed E-state index contributed by atoms with van der Waals surface area (Å²) in [6.07, 6.45) is 4.08. The smallest absolute Gasteiger partial charge is 0.0406 e. The van der Waals surface area contributed by atoms with Gasteiger partial charge in [0.1, 0.15) is 0 Å². The molecule has 0 spiro atoms. The summed E-state index contributed by atoms with van der Waals surface area (Å²) >= 11 is 5.97. The molecule has 0 aromatic heterocycles. The fourth-order valence-corrected chi connectivity index (χ4v) is 4.01. The molecule has 0 N–H and O–H groups in total. The van der Waals surface area contributed by atoms with Crippen molar-refractivity contribution >= 4 is 11.6 Å². The fraction of sp³-hybridized carbons (Fsp3) is 0.600. The second-order valence-electron chi connectivity index (χ2n) is 5.72. The number of rotatable bonds is 1. The fourth-order valence-electron chi connectivity index (χ4n) is 3.88. The highest BCUT2D eigenvalue weighted by atomic mass is 35.5. The minimum Gasteiger partial charge on any atom is -0.300 e. The summed E-state index contributed by atoms with van der Waals surface area (Å²) in [6, 6.07) is 10.1. The second kappa shape index (κ2) is 4.29. The zero-order chi connectivity index (χ0) is 12.0. The van der Waals surface area contributed by atoms with Crippen LogP contribution in [0.25, 0.3) is 0 Å². The van der Waals surface area contributed by atoms with E-state index < -0.39 is 0 Å². The number of piperidine rings is 1. The Balaban J connectivity index is 1.87. The van der Waals surface area contributed by atoms with Crippen molar-refractivity contribution in [3.63, 3.8) is 0 Å². The quantitative estimate of drug-likeness (QED) is 0.729. The van der Waals surface area contributed by atoms with Crippen LogP contribution >= 0.6 is 11.6 Å². The van der Waals surface area contributed by atoms with Gasteiger partial charge in [-0.25, -0.2) is 0 Å². The maximum Gasteiger partial charge on any atom is 0.0406 e. The van der Waals surface area contributed by atoms with Crippen LogP contribution < -0.4 is 0 Å². The second-order valence-corrected chi connectivity index (χ2v) is 6.15. The molecule has 2 unspecified atom stereocenters. The highest BCUT2D eigenvalue weighted by Crippen LogP contribution is 2.45. The lowest BCUT2D eigenvalue weighted by Crippen LogP contribution is -2.44. The van der Waals surface area contributed by atoms with Crippen LogP contribution in [-0.4, -0.2) is 24.0 Å². The molecule has 0 saturated carbocycles. The van der Waals surface area contributed by atoms with Crippen molar-refractivity contribution < 1.29 is 0 Å². The van der Waals surface area contributed by atoms with Crippen molar-refractivity contribution in [3.8, 4) is 0 Å². The van der Waals surface area contributed by atoms with E-state index in [1.807, 2.05) is 12.1 Å². The van der Waals surface area contributed by atoms with Crippen LogP contribution in [0.4, 0.5) is 0 Å². The summed E-state index contributed by atoms with van der Waals surface area (Å²) in [7, 11) is 2.30. The van der Waals surface area contributed by atoms with Gasteiger partial charge >= 0.3 is 0 Å². The summed E-state index contributed by atoms with van der Waals surface area (Å²) in [4.78, 5) is 2.61. The summed E-state index contributed by atoms with van der Waals surface area (Å²) in [6.45, 7) is 2.42. The number of fused-ring (bicyclic) bond motifs is 2. The Hall–Kier alpha value is -0.530. The first-order valence-corrected chi connectivity index (χ1v) is 7.02. The van der Waals surface area contributed by atoms with Crippen LogP contribution in [0.3, 0.4) is 0 Å². The van der Waals surface area contributed by atoms with Crippen LogP contribution in [0.5, 0.6) is 0 Å². The first kappa shape index (κ1) is 11.6. The van der Waals surface area contributed by atoms with Crippen molar-refractivity contribution in [3.05, 3.63) is 34.9 Å². The van der Waals surface area contributed by atoms with Gasteiger partial charge in [0.15, 0.2) is 0 Å². The molecule has 1 nitrogen and oxygen atoms in total. The van der Waals surface area contributed by atoms with E-state index in [0.717, 1.165) is 28.9 Å². The molecule has 0 radical (unpaired) electrons. The summed E-state index contributed by atoms with van der Waals surface area (Å²) in [5.41, 5.74) is 1.48. The molecule has 2 saturated heterocycles. The molecule has 2 aliphatic rings. The lowest BCUT2D eigenvalue weighted by molar-refractivity contribution is 0.110. The summed E-state index contributed by atoms with van der Waals surface area (Å²) in [5, 5.41) is 0.845. The molecule has 17 heavy (non-hydrogen) atoms. The Morgan fingerprint density at radius 3 is 2.59 bits per heavy atom. The largest absolute Gasteiger partial charge is 0.300 e. The van der Waals surface area contributed by atoms with Crippen LogP contribution in [0, 0.1) is 5.92 Å². The van der Waals surface area contributed by atoms with Gasteiger partial charge < -0.3 is 4.90 Å². The first-order chi connectivity index (χ1) is 8.16. The molecule has 2 heterocycles. The van der Waals surface area contributed by atoms with Gasteiger partial charge in [-0.15, -0.1) is 0 Å². The number of hydrogen-bond acceptors (Lipinski definition) is 1. The van der Waals surface area contributed by atoms with Crippen LogP contribution in [0.2, 0.25) is 5.02 Å². The minimum absolute atomic E-state index is 0.723. The third-order valence-corrected chi connectivity index (χ3v) is 5.21. The van der Waals surface area contributed by atoms with Crippen molar-refractivity contribution in [2.24, 2.45) is 5.92 Å². The first-order valence-electron chi connectivity index (χ1n) is 6.64. The number of nitrogens with zero attached hydrogens (tertiary/aromatic N) is 1. The van der Waals surface area contributed by atoms with Gasteiger partial charge in [0.05, 0.1) is 0 Å². The molecular formula is C15H20ClN. The lowest BCUT2D eigenvalue weighted by Gasteiger charge is -2.41. The Kier molecular flexibility index (Phi) is 2.92. The molecule has 2 bridgehead atoms. The van der Waals surface area contributed by atoms with Gasteiger partial charge in [-0.3, -0.25) is 0 Å². The van der Waals surface area contributed by atoms with Crippen molar-refractivity contribution in [1.82, 2.24) is 4.90 Å². The zero-order valence-corrected chi connectivity index (χ0v) is 11.3. The van der Waals surface area contributed by atoms with Gasteiger partial charge in [-0.05, 0) is 55.8 Å². The Morgan fingerprint density at radius 1 is 1.18 bits per heavy atom. The highest BCUT2D eigenvalue weighted by Gasteiger charge is 2.43. The number of halogens is 1. The molecule has 3 rings (SSSR count). The molecule has 0 aliphatic carbocycles. The third-order valence-electron chi connectivity index (χ3n) is 4.96. The molecule has 2 aliphatic heterocycles. The van der Waals surface area contributed by atoms with Gasteiger partial charge in [0.25, 0.3) is 0 Å². The average Bonchev–Trinajstić information content (AvgIpc) is 2.58. The average molecular weight is 250 g/mol. The van der Waals surface area contributed by atoms with E-state index in [9.17, 15) is 0 Å². The molecule has 2 fully saturated rings. The minimum atomic E-state index is 0.723. The Morgan fingerprint density at radius 2 is 1.88 bits per heavy atom. The Labute approximate surface area is 109 Å². The standard InChI is InChI=1S/C15H20ClN/c1-10-14(11-3-5-12(16)6-4-11)9-13-7-8-15(10)17(13)2/h3-6,10,13-15H,7-9H2,1-2H3/t10?,13-,14+,15?/m1/s1. The molecule has 4 atom stereocenters. The predicted molar refractivity (Wildman–Crippen MR) is 72.5 cm³/mol. The van der Waals surface area contributed by atoms with E-state index in [1.165, 1.54) is 24.8 Å². The maximum atomic E-state index is 5.97. The topological polar surface area (TPSA) is 3.24 Å². The normalized spacial score (nSPS) is 37.4. The van der Waals surface area contributed by atoms with Crippen molar-refractivity contribution in [2.45, 2.75) is 44.2 Å². The highest BCUT2D eigenvalue weighted by molar-refractivity contribution is 6.30. The van der Waals surface area contributed by atoms with Crippen LogP contribution in [-0.2, 0) is 0 Å². The van der Waals surface area contributed by atoms with E-state index >= 15 is 0 Å². The third kappa shape index (κ3) is 1.90. The lowest BCUT2D eigenvalue weighted by atomic mass is 9.77. The van der Waals surface area contributed by atoms with Crippen molar-refractivity contribution in [2.75, 3.05) is 7.05 Å².